The minimum absolute atomic E-state index is 0.0261. The standard InChI is InChI=1S/C41H65N11O11/c1-22(2)17-27(35(57)47-26(13-9-15-45-41(43)44)34(56)51-30(20-33(42)55)39(61)52-16-10-14-32(52)40(62)63)48-36(58)28(18-23(3)4)49-37(59)29(19-25-11-7-6-8-12-25)50-38(60)31(21-53)46-24(5)54/h6-8,11-12,22-23,26-32,53H,9-10,13-21H2,1-5H3,(H2,42,55)(H,46,54)(H,47,57)(H,48,58)(H,49,59)(H,50,60)(H,51,56)(H,62,63)(H4,43,44,45)/t26-,27-,28-,29-,30-,31-,32-/m0/s1. The molecule has 1 saturated heterocycles. The molecule has 7 atom stereocenters. The number of guanidine groups is 1. The van der Waals surface area contributed by atoms with E-state index < -0.39 is 109 Å². The van der Waals surface area contributed by atoms with Crippen molar-refractivity contribution in [1.82, 2.24) is 36.8 Å². The smallest absolute Gasteiger partial charge is 0.326 e. The molecule has 0 spiro atoms. The van der Waals surface area contributed by atoms with Gasteiger partial charge in [-0.25, -0.2) is 4.79 Å². The van der Waals surface area contributed by atoms with Crippen molar-refractivity contribution in [2.75, 3.05) is 19.7 Å². The van der Waals surface area contributed by atoms with Crippen LogP contribution in [0.1, 0.15) is 85.1 Å². The van der Waals surface area contributed by atoms with Gasteiger partial charge in [-0.3, -0.25) is 43.3 Å². The van der Waals surface area contributed by atoms with E-state index in [0.29, 0.717) is 12.0 Å². The molecule has 22 nitrogen and oxygen atoms in total. The van der Waals surface area contributed by atoms with Gasteiger partial charge in [0.15, 0.2) is 5.96 Å². The number of hydrogen-bond donors (Lipinski definition) is 11. The molecule has 1 aliphatic rings. The van der Waals surface area contributed by atoms with Crippen LogP contribution >= 0.6 is 0 Å². The third-order valence-electron chi connectivity index (χ3n) is 9.89. The zero-order chi connectivity index (χ0) is 47.4. The summed E-state index contributed by atoms with van der Waals surface area (Å²) in [6.45, 7) is 7.72. The minimum Gasteiger partial charge on any atom is -0.480 e. The minimum atomic E-state index is -1.56. The number of hydrogen-bond acceptors (Lipinski definition) is 11. The lowest BCUT2D eigenvalue weighted by Gasteiger charge is -2.29. The Hall–Kier alpha value is -6.32. The molecule has 0 aliphatic carbocycles. The maximum Gasteiger partial charge on any atom is 0.326 e. The summed E-state index contributed by atoms with van der Waals surface area (Å²) in [6.07, 6.45) is 0.0736. The second-order valence-electron chi connectivity index (χ2n) is 16.3. The number of rotatable bonds is 26. The molecule has 22 heteroatoms. The number of aliphatic carboxylic acids is 1. The molecule has 350 valence electrons. The number of carbonyl (C=O) groups excluding carboxylic acids is 8. The van der Waals surface area contributed by atoms with Gasteiger partial charge >= 0.3 is 5.97 Å². The third kappa shape index (κ3) is 18.7. The highest BCUT2D eigenvalue weighted by atomic mass is 16.4. The Balaban J connectivity index is 2.41. The predicted molar refractivity (Wildman–Crippen MR) is 229 cm³/mol. The van der Waals surface area contributed by atoms with Crippen molar-refractivity contribution < 1.29 is 53.4 Å². The van der Waals surface area contributed by atoms with Crippen LogP contribution in [-0.2, 0) is 49.6 Å². The van der Waals surface area contributed by atoms with Crippen molar-refractivity contribution in [3.63, 3.8) is 0 Å². The number of carboxylic acids is 1. The largest absolute Gasteiger partial charge is 0.480 e. The number of benzene rings is 1. The van der Waals surface area contributed by atoms with E-state index in [1.54, 1.807) is 58.0 Å². The van der Waals surface area contributed by atoms with Crippen LogP contribution in [0.25, 0.3) is 0 Å². The molecule has 0 radical (unpaired) electrons. The van der Waals surface area contributed by atoms with Gasteiger partial charge in [0, 0.05) is 26.4 Å². The second kappa shape index (κ2) is 26.2. The van der Waals surface area contributed by atoms with Crippen LogP contribution in [0.5, 0.6) is 0 Å². The quantitative estimate of drug-likeness (QED) is 0.0256. The van der Waals surface area contributed by atoms with E-state index in [0.717, 1.165) is 11.8 Å². The number of nitrogens with one attached hydrogen (secondary N) is 6. The third-order valence-corrected chi connectivity index (χ3v) is 9.89. The lowest BCUT2D eigenvalue weighted by molar-refractivity contribution is -0.149. The van der Waals surface area contributed by atoms with E-state index in [2.05, 4.69) is 36.9 Å². The summed E-state index contributed by atoms with van der Waals surface area (Å²) in [5, 5.41) is 34.8. The number of aliphatic hydroxyl groups excluding tert-OH is 1. The van der Waals surface area contributed by atoms with Gasteiger partial charge in [-0.05, 0) is 55.9 Å². The van der Waals surface area contributed by atoms with Crippen LogP contribution in [-0.4, -0.2) is 136 Å². The monoisotopic (exact) mass is 887 g/mol. The van der Waals surface area contributed by atoms with Crippen LogP contribution in [0.2, 0.25) is 0 Å². The first-order chi connectivity index (χ1) is 29.6. The van der Waals surface area contributed by atoms with Gasteiger partial charge in [0.2, 0.25) is 47.3 Å². The number of aliphatic imine (C=N–C) groups is 1. The summed E-state index contributed by atoms with van der Waals surface area (Å²) in [7, 11) is 0. The van der Waals surface area contributed by atoms with E-state index in [1.165, 1.54) is 0 Å². The molecule has 1 fully saturated rings. The van der Waals surface area contributed by atoms with Crippen molar-refractivity contribution in [2.24, 2.45) is 34.0 Å². The molecule has 0 unspecified atom stereocenters. The van der Waals surface area contributed by atoms with E-state index in [9.17, 15) is 53.4 Å². The number of nitrogens with zero attached hydrogens (tertiary/aromatic N) is 2. The molecular weight excluding hydrogens is 823 g/mol. The van der Waals surface area contributed by atoms with Crippen LogP contribution in [0, 0.1) is 11.8 Å². The fraction of sp³-hybridized carbons (Fsp3) is 0.610. The maximum absolute atomic E-state index is 14.1. The van der Waals surface area contributed by atoms with Crippen LogP contribution in [0.4, 0.5) is 0 Å². The Labute approximate surface area is 366 Å². The number of amides is 8. The first kappa shape index (κ1) is 52.8. The Morgan fingerprint density at radius 1 is 0.714 bits per heavy atom. The zero-order valence-corrected chi connectivity index (χ0v) is 36.6. The summed E-state index contributed by atoms with van der Waals surface area (Å²) in [5.74, 6) is -8.30. The number of carbonyl (C=O) groups is 9. The normalized spacial score (nSPS) is 16.3. The molecular formula is C41H65N11O11. The Morgan fingerprint density at radius 3 is 1.70 bits per heavy atom. The van der Waals surface area contributed by atoms with Crippen LogP contribution in [0.15, 0.2) is 35.3 Å². The Kier molecular flexibility index (Phi) is 22.0. The molecule has 14 N–H and O–H groups in total. The fourth-order valence-electron chi connectivity index (χ4n) is 6.93. The van der Waals surface area contributed by atoms with E-state index in [4.69, 9.17) is 17.2 Å². The summed E-state index contributed by atoms with van der Waals surface area (Å²) >= 11 is 0. The van der Waals surface area contributed by atoms with Crippen molar-refractivity contribution in [3.05, 3.63) is 35.9 Å². The summed E-state index contributed by atoms with van der Waals surface area (Å²) < 4.78 is 0. The molecule has 1 heterocycles. The lowest BCUT2D eigenvalue weighted by atomic mass is 9.98. The number of primary amides is 1. The Morgan fingerprint density at radius 2 is 1.21 bits per heavy atom. The van der Waals surface area contributed by atoms with Gasteiger partial charge < -0.3 is 64.2 Å². The van der Waals surface area contributed by atoms with E-state index in [-0.39, 0.29) is 69.4 Å². The lowest BCUT2D eigenvalue weighted by Crippen LogP contribution is -2.60. The highest BCUT2D eigenvalue weighted by Crippen LogP contribution is 2.20. The van der Waals surface area contributed by atoms with Crippen molar-refractivity contribution >= 4 is 59.2 Å². The predicted octanol–water partition coefficient (Wildman–Crippen LogP) is -2.75. The fourth-order valence-corrected chi connectivity index (χ4v) is 6.93. The first-order valence-electron chi connectivity index (χ1n) is 20.9. The highest BCUT2D eigenvalue weighted by Gasteiger charge is 2.39. The SMILES string of the molecule is CC(=O)N[C@@H](CO)C(=O)N[C@@H](Cc1ccccc1)C(=O)N[C@@H](CC(C)C)C(=O)N[C@@H](CC(C)C)C(=O)N[C@@H](CCCN=C(N)N)C(=O)N[C@@H](CC(N)=O)C(=O)N1CCC[C@H]1C(=O)O. The van der Waals surface area contributed by atoms with Gasteiger partial charge in [-0.2, -0.15) is 0 Å². The van der Waals surface area contributed by atoms with Crippen molar-refractivity contribution in [2.45, 2.75) is 128 Å². The van der Waals surface area contributed by atoms with E-state index >= 15 is 0 Å². The summed E-state index contributed by atoms with van der Waals surface area (Å²) in [5.41, 5.74) is 17.0. The molecule has 0 bridgehead atoms. The van der Waals surface area contributed by atoms with Crippen molar-refractivity contribution in [3.8, 4) is 0 Å². The topological polar surface area (TPSA) is 360 Å². The van der Waals surface area contributed by atoms with Gasteiger partial charge in [-0.15, -0.1) is 0 Å². The molecule has 0 saturated carbocycles. The highest BCUT2D eigenvalue weighted by molar-refractivity contribution is 5.98. The summed E-state index contributed by atoms with van der Waals surface area (Å²) in [4.78, 5) is 123. The number of aliphatic hydroxyl groups is 1. The number of nitrogens with two attached hydrogens (primary N) is 3. The molecule has 1 aromatic rings. The van der Waals surface area contributed by atoms with Gasteiger partial charge in [-0.1, -0.05) is 58.0 Å². The van der Waals surface area contributed by atoms with Gasteiger partial charge in [0.1, 0.15) is 42.3 Å². The van der Waals surface area contributed by atoms with Gasteiger partial charge in [0.05, 0.1) is 13.0 Å². The number of carboxylic acid groups (broad SMARTS) is 1. The second-order valence-corrected chi connectivity index (χ2v) is 16.3. The zero-order valence-electron chi connectivity index (χ0n) is 36.6. The average Bonchev–Trinajstić information content (AvgIpc) is 3.70. The molecule has 63 heavy (non-hydrogen) atoms. The first-order valence-corrected chi connectivity index (χ1v) is 20.9. The summed E-state index contributed by atoms with van der Waals surface area (Å²) in [6, 6.07) is -0.586. The molecule has 8 amide bonds. The van der Waals surface area contributed by atoms with Crippen LogP contribution < -0.4 is 49.1 Å². The van der Waals surface area contributed by atoms with Gasteiger partial charge in [0.25, 0.3) is 0 Å². The average molecular weight is 888 g/mol. The van der Waals surface area contributed by atoms with Crippen molar-refractivity contribution in [1.29, 1.82) is 0 Å². The number of likely N-dealkylation sites (tertiary alicyclic amines) is 1. The molecule has 1 aromatic carbocycles. The molecule has 2 rings (SSSR count). The maximum atomic E-state index is 14.1. The molecule has 0 aromatic heterocycles. The Bertz CT molecular complexity index is 1790. The van der Waals surface area contributed by atoms with E-state index in [1.807, 2.05) is 0 Å². The molecule has 1 aliphatic heterocycles. The van der Waals surface area contributed by atoms with Crippen LogP contribution in [0.3, 0.4) is 0 Å².